The van der Waals surface area contributed by atoms with Gasteiger partial charge in [0.15, 0.2) is 0 Å². The first-order chi connectivity index (χ1) is 6.84. The number of pyridine rings is 1. The van der Waals surface area contributed by atoms with E-state index < -0.39 is 0 Å². The second-order valence-corrected chi connectivity index (χ2v) is 4.08. The quantitative estimate of drug-likeness (QED) is 0.743. The van der Waals surface area contributed by atoms with Crippen molar-refractivity contribution in [1.82, 2.24) is 10.3 Å². The zero-order chi connectivity index (χ0) is 9.80. The Labute approximate surface area is 84.7 Å². The van der Waals surface area contributed by atoms with Gasteiger partial charge in [0.1, 0.15) is 0 Å². The van der Waals surface area contributed by atoms with Crippen molar-refractivity contribution in [3.63, 3.8) is 0 Å². The topological polar surface area (TPSA) is 50.9 Å². The standard InChI is InChI=1S/C11H17N3/c12-11-5-10(6-11)8-14-7-9-1-3-13-4-2-9/h1-4,10-11,14H,5-8,12H2. The summed E-state index contributed by atoms with van der Waals surface area (Å²) in [7, 11) is 0. The Morgan fingerprint density at radius 1 is 1.36 bits per heavy atom. The summed E-state index contributed by atoms with van der Waals surface area (Å²) in [5.74, 6) is 0.798. The summed E-state index contributed by atoms with van der Waals surface area (Å²) in [6, 6.07) is 4.54. The van der Waals surface area contributed by atoms with E-state index in [9.17, 15) is 0 Å². The molecule has 76 valence electrons. The molecule has 3 nitrogen and oxygen atoms in total. The predicted octanol–water partition coefficient (Wildman–Crippen LogP) is 0.908. The van der Waals surface area contributed by atoms with Gasteiger partial charge in [-0.3, -0.25) is 4.98 Å². The average Bonchev–Trinajstić information content (AvgIpc) is 2.17. The van der Waals surface area contributed by atoms with E-state index in [0.29, 0.717) is 6.04 Å². The molecule has 2 rings (SSSR count). The van der Waals surface area contributed by atoms with Gasteiger partial charge in [-0.1, -0.05) is 0 Å². The van der Waals surface area contributed by atoms with Crippen LogP contribution in [0.15, 0.2) is 24.5 Å². The number of rotatable bonds is 4. The molecule has 0 saturated heterocycles. The summed E-state index contributed by atoms with van der Waals surface area (Å²) in [6.45, 7) is 2.03. The normalized spacial score (nSPS) is 25.8. The molecule has 0 atom stereocenters. The van der Waals surface area contributed by atoms with Crippen LogP contribution in [-0.4, -0.2) is 17.6 Å². The van der Waals surface area contributed by atoms with Gasteiger partial charge in [-0.2, -0.15) is 0 Å². The molecule has 0 amide bonds. The lowest BCUT2D eigenvalue weighted by Gasteiger charge is -2.32. The third-order valence-electron chi connectivity index (χ3n) is 2.78. The van der Waals surface area contributed by atoms with Crippen molar-refractivity contribution in [2.45, 2.75) is 25.4 Å². The third kappa shape index (κ3) is 2.53. The molecule has 1 aromatic rings. The molecule has 0 aromatic carbocycles. The highest BCUT2D eigenvalue weighted by atomic mass is 14.9. The van der Waals surface area contributed by atoms with E-state index in [0.717, 1.165) is 19.0 Å². The lowest BCUT2D eigenvalue weighted by molar-refractivity contribution is 0.256. The molecular weight excluding hydrogens is 174 g/mol. The van der Waals surface area contributed by atoms with Crippen LogP contribution in [-0.2, 0) is 6.54 Å². The summed E-state index contributed by atoms with van der Waals surface area (Å²) in [4.78, 5) is 3.98. The van der Waals surface area contributed by atoms with Crippen LogP contribution in [0, 0.1) is 5.92 Å². The van der Waals surface area contributed by atoms with Gasteiger partial charge >= 0.3 is 0 Å². The van der Waals surface area contributed by atoms with Crippen LogP contribution in [0.1, 0.15) is 18.4 Å². The lowest BCUT2D eigenvalue weighted by Crippen LogP contribution is -2.41. The van der Waals surface area contributed by atoms with Crippen LogP contribution in [0.5, 0.6) is 0 Å². The molecule has 0 bridgehead atoms. The molecule has 14 heavy (non-hydrogen) atoms. The maximum Gasteiger partial charge on any atom is 0.0271 e. The number of nitrogens with two attached hydrogens (primary N) is 1. The van der Waals surface area contributed by atoms with Crippen molar-refractivity contribution in [1.29, 1.82) is 0 Å². The molecular formula is C11H17N3. The summed E-state index contributed by atoms with van der Waals surface area (Å²) >= 11 is 0. The van der Waals surface area contributed by atoms with Crippen molar-refractivity contribution in [2.24, 2.45) is 11.7 Å². The van der Waals surface area contributed by atoms with E-state index in [-0.39, 0.29) is 0 Å². The van der Waals surface area contributed by atoms with E-state index >= 15 is 0 Å². The summed E-state index contributed by atoms with van der Waals surface area (Å²) in [5.41, 5.74) is 7.01. The van der Waals surface area contributed by atoms with Crippen LogP contribution in [0.25, 0.3) is 0 Å². The lowest BCUT2D eigenvalue weighted by atomic mass is 9.81. The smallest absolute Gasteiger partial charge is 0.0271 e. The monoisotopic (exact) mass is 191 g/mol. The Balaban J connectivity index is 1.64. The Kier molecular flexibility index (Phi) is 3.11. The average molecular weight is 191 g/mol. The van der Waals surface area contributed by atoms with E-state index in [2.05, 4.69) is 10.3 Å². The predicted molar refractivity (Wildman–Crippen MR) is 56.6 cm³/mol. The molecule has 0 aliphatic heterocycles. The van der Waals surface area contributed by atoms with Crippen molar-refractivity contribution in [3.05, 3.63) is 30.1 Å². The first-order valence-corrected chi connectivity index (χ1v) is 5.20. The molecule has 1 aromatic heterocycles. The maximum atomic E-state index is 5.72. The van der Waals surface area contributed by atoms with E-state index in [4.69, 9.17) is 5.73 Å². The van der Waals surface area contributed by atoms with Crippen LogP contribution in [0.3, 0.4) is 0 Å². The van der Waals surface area contributed by atoms with Crippen molar-refractivity contribution < 1.29 is 0 Å². The van der Waals surface area contributed by atoms with Gasteiger partial charge < -0.3 is 11.1 Å². The number of aromatic nitrogens is 1. The maximum absolute atomic E-state index is 5.72. The van der Waals surface area contributed by atoms with Crippen LogP contribution < -0.4 is 11.1 Å². The molecule has 0 spiro atoms. The van der Waals surface area contributed by atoms with Crippen LogP contribution in [0.4, 0.5) is 0 Å². The van der Waals surface area contributed by atoms with Crippen LogP contribution >= 0.6 is 0 Å². The largest absolute Gasteiger partial charge is 0.328 e. The number of hydrogen-bond donors (Lipinski definition) is 2. The zero-order valence-electron chi connectivity index (χ0n) is 8.32. The molecule has 3 heteroatoms. The SMILES string of the molecule is NC1CC(CNCc2ccncc2)C1. The van der Waals surface area contributed by atoms with Crippen molar-refractivity contribution in [3.8, 4) is 0 Å². The fraction of sp³-hybridized carbons (Fsp3) is 0.545. The molecule has 3 N–H and O–H groups in total. The van der Waals surface area contributed by atoms with Gasteiger partial charge in [-0.15, -0.1) is 0 Å². The molecule has 1 heterocycles. The van der Waals surface area contributed by atoms with Crippen molar-refractivity contribution in [2.75, 3.05) is 6.54 Å². The highest BCUT2D eigenvalue weighted by Gasteiger charge is 2.24. The second-order valence-electron chi connectivity index (χ2n) is 4.08. The Bertz CT molecular complexity index is 267. The van der Waals surface area contributed by atoms with E-state index in [1.165, 1.54) is 18.4 Å². The first kappa shape index (κ1) is 9.62. The summed E-state index contributed by atoms with van der Waals surface area (Å²) < 4.78 is 0. The second kappa shape index (κ2) is 4.53. The van der Waals surface area contributed by atoms with Gasteiger partial charge in [0.25, 0.3) is 0 Å². The van der Waals surface area contributed by atoms with E-state index in [1.807, 2.05) is 24.5 Å². The highest BCUT2D eigenvalue weighted by Crippen LogP contribution is 2.24. The Morgan fingerprint density at radius 2 is 2.07 bits per heavy atom. The Hall–Kier alpha value is -0.930. The van der Waals surface area contributed by atoms with Gasteiger partial charge in [0.2, 0.25) is 0 Å². The molecule has 1 aliphatic rings. The Morgan fingerprint density at radius 3 is 2.71 bits per heavy atom. The molecule has 1 saturated carbocycles. The van der Waals surface area contributed by atoms with Gasteiger partial charge in [0, 0.05) is 25.0 Å². The summed E-state index contributed by atoms with van der Waals surface area (Å²) in [6.07, 6.45) is 6.03. The summed E-state index contributed by atoms with van der Waals surface area (Å²) in [5, 5.41) is 3.44. The minimum absolute atomic E-state index is 0.461. The zero-order valence-corrected chi connectivity index (χ0v) is 8.32. The number of hydrogen-bond acceptors (Lipinski definition) is 3. The number of nitrogens with one attached hydrogen (secondary N) is 1. The number of nitrogens with zero attached hydrogens (tertiary/aromatic N) is 1. The van der Waals surface area contributed by atoms with Crippen molar-refractivity contribution >= 4 is 0 Å². The molecule has 0 radical (unpaired) electrons. The minimum Gasteiger partial charge on any atom is -0.328 e. The molecule has 1 fully saturated rings. The van der Waals surface area contributed by atoms with Crippen LogP contribution in [0.2, 0.25) is 0 Å². The first-order valence-electron chi connectivity index (χ1n) is 5.20. The minimum atomic E-state index is 0.461. The third-order valence-corrected chi connectivity index (χ3v) is 2.78. The molecule has 1 aliphatic carbocycles. The van der Waals surface area contributed by atoms with E-state index in [1.54, 1.807) is 0 Å². The molecule has 0 unspecified atom stereocenters. The highest BCUT2D eigenvalue weighted by molar-refractivity contribution is 5.09. The van der Waals surface area contributed by atoms with Gasteiger partial charge in [-0.05, 0) is 43.0 Å². The fourth-order valence-electron chi connectivity index (χ4n) is 1.88. The van der Waals surface area contributed by atoms with Gasteiger partial charge in [-0.25, -0.2) is 0 Å². The fourth-order valence-corrected chi connectivity index (χ4v) is 1.88. The van der Waals surface area contributed by atoms with Gasteiger partial charge in [0.05, 0.1) is 0 Å².